The second-order valence-electron chi connectivity index (χ2n) is 7.13. The Balaban J connectivity index is 1.91. The third kappa shape index (κ3) is 6.52. The van der Waals surface area contributed by atoms with E-state index in [0.717, 1.165) is 12.8 Å². The number of anilines is 1. The van der Waals surface area contributed by atoms with Gasteiger partial charge in [0, 0.05) is 6.54 Å². The van der Waals surface area contributed by atoms with Crippen molar-refractivity contribution in [1.82, 2.24) is 4.90 Å². The second-order valence-corrected chi connectivity index (χ2v) is 7.13. The van der Waals surface area contributed by atoms with Gasteiger partial charge in [-0.3, -0.25) is 5.43 Å². The van der Waals surface area contributed by atoms with Gasteiger partial charge >= 0.3 is 6.09 Å². The minimum atomic E-state index is -0.521. The highest BCUT2D eigenvalue weighted by Crippen LogP contribution is 2.22. The molecule has 1 N–H and O–H groups in total. The largest absolute Gasteiger partial charge is 0.489 e. The maximum atomic E-state index is 12.2. The summed E-state index contributed by atoms with van der Waals surface area (Å²) < 4.78 is 11.4. The SMILES string of the molecule is CC(C)(C)OC(=O)N1CCCC(Oc2ccc(NN=C(C#N)C#N)cc2)C1. The summed E-state index contributed by atoms with van der Waals surface area (Å²) in [7, 11) is 0. The Bertz CT molecular complexity index is 753. The molecule has 1 saturated heterocycles. The molecule has 0 spiro atoms. The summed E-state index contributed by atoms with van der Waals surface area (Å²) in [4.78, 5) is 13.9. The smallest absolute Gasteiger partial charge is 0.410 e. The van der Waals surface area contributed by atoms with Crippen LogP contribution in [-0.2, 0) is 4.74 Å². The fourth-order valence-electron chi connectivity index (χ4n) is 2.52. The van der Waals surface area contributed by atoms with Crippen LogP contribution < -0.4 is 10.2 Å². The van der Waals surface area contributed by atoms with E-state index in [1.54, 1.807) is 41.3 Å². The van der Waals surface area contributed by atoms with Crippen molar-refractivity contribution in [3.63, 3.8) is 0 Å². The first-order valence-corrected chi connectivity index (χ1v) is 8.69. The monoisotopic (exact) mass is 369 g/mol. The number of carbonyl (C=O) groups is 1. The average molecular weight is 369 g/mol. The van der Waals surface area contributed by atoms with Crippen molar-refractivity contribution in [2.75, 3.05) is 18.5 Å². The van der Waals surface area contributed by atoms with Crippen LogP contribution in [0, 0.1) is 22.7 Å². The first kappa shape index (κ1) is 20.1. The van der Waals surface area contributed by atoms with Crippen LogP contribution >= 0.6 is 0 Å². The van der Waals surface area contributed by atoms with E-state index in [4.69, 9.17) is 20.0 Å². The third-order valence-corrected chi connectivity index (χ3v) is 3.70. The van der Waals surface area contributed by atoms with E-state index >= 15 is 0 Å². The average Bonchev–Trinajstić information content (AvgIpc) is 2.63. The zero-order chi connectivity index (χ0) is 19.9. The zero-order valence-corrected chi connectivity index (χ0v) is 15.7. The van der Waals surface area contributed by atoms with Crippen molar-refractivity contribution in [3.8, 4) is 17.9 Å². The lowest BCUT2D eigenvalue weighted by Gasteiger charge is -2.34. The number of amides is 1. The molecule has 0 bridgehead atoms. The topological polar surface area (TPSA) is 111 Å². The van der Waals surface area contributed by atoms with E-state index in [9.17, 15) is 4.79 Å². The Hall–Kier alpha value is -3.26. The highest BCUT2D eigenvalue weighted by Gasteiger charge is 2.28. The van der Waals surface area contributed by atoms with Crippen LogP contribution in [0.2, 0.25) is 0 Å². The van der Waals surface area contributed by atoms with E-state index in [0.29, 0.717) is 24.5 Å². The van der Waals surface area contributed by atoms with Crippen molar-refractivity contribution in [2.45, 2.75) is 45.3 Å². The summed E-state index contributed by atoms with van der Waals surface area (Å²) in [5.41, 5.74) is 2.50. The number of ether oxygens (including phenoxy) is 2. The Kier molecular flexibility index (Phi) is 6.62. The lowest BCUT2D eigenvalue weighted by atomic mass is 10.1. The summed E-state index contributed by atoms with van der Waals surface area (Å²) >= 11 is 0. The number of piperidine rings is 1. The third-order valence-electron chi connectivity index (χ3n) is 3.70. The Morgan fingerprint density at radius 3 is 2.52 bits per heavy atom. The van der Waals surface area contributed by atoms with Gasteiger partial charge < -0.3 is 14.4 Å². The Labute approximate surface area is 159 Å². The summed E-state index contributed by atoms with van der Waals surface area (Å²) in [5, 5.41) is 21.0. The normalized spacial score (nSPS) is 16.5. The number of nitriles is 2. The number of benzene rings is 1. The van der Waals surface area contributed by atoms with E-state index < -0.39 is 5.60 Å². The molecule has 2 rings (SSSR count). The summed E-state index contributed by atoms with van der Waals surface area (Å²) in [6.07, 6.45) is 1.28. The fraction of sp³-hybridized carbons (Fsp3) is 0.474. The standard InChI is InChI=1S/C19H23N5O3/c1-19(2,3)27-18(25)24-10-4-5-17(13-24)26-16-8-6-14(7-9-16)22-23-15(11-20)12-21/h6-9,17,22H,4-5,10,13H2,1-3H3. The molecule has 1 atom stereocenters. The van der Waals surface area contributed by atoms with E-state index in [1.165, 1.54) is 0 Å². The van der Waals surface area contributed by atoms with Crippen molar-refractivity contribution in [2.24, 2.45) is 5.10 Å². The number of rotatable bonds is 4. The minimum Gasteiger partial charge on any atom is -0.489 e. The van der Waals surface area contributed by atoms with Gasteiger partial charge in [-0.15, -0.1) is 0 Å². The Morgan fingerprint density at radius 1 is 1.26 bits per heavy atom. The number of likely N-dealkylation sites (tertiary alicyclic amines) is 1. The van der Waals surface area contributed by atoms with Gasteiger partial charge in [-0.1, -0.05) is 0 Å². The van der Waals surface area contributed by atoms with Crippen LogP contribution in [-0.4, -0.2) is 41.5 Å². The predicted molar refractivity (Wildman–Crippen MR) is 100 cm³/mol. The van der Waals surface area contributed by atoms with Gasteiger partial charge in [0.25, 0.3) is 0 Å². The summed E-state index contributed by atoms with van der Waals surface area (Å²) in [6.45, 7) is 6.68. The number of hydrogen-bond donors (Lipinski definition) is 1. The molecule has 0 aromatic heterocycles. The van der Waals surface area contributed by atoms with Crippen molar-refractivity contribution in [1.29, 1.82) is 10.5 Å². The maximum Gasteiger partial charge on any atom is 0.410 e. The molecule has 8 nitrogen and oxygen atoms in total. The molecule has 1 fully saturated rings. The fourth-order valence-corrected chi connectivity index (χ4v) is 2.52. The molecule has 1 amide bonds. The Morgan fingerprint density at radius 2 is 1.93 bits per heavy atom. The molecular formula is C19H23N5O3. The van der Waals surface area contributed by atoms with Crippen LogP contribution in [0.3, 0.4) is 0 Å². The van der Waals surface area contributed by atoms with Crippen LogP contribution in [0.5, 0.6) is 5.75 Å². The van der Waals surface area contributed by atoms with Gasteiger partial charge in [0.2, 0.25) is 5.71 Å². The molecule has 1 aromatic carbocycles. The molecular weight excluding hydrogens is 346 g/mol. The van der Waals surface area contributed by atoms with Gasteiger partial charge in [-0.25, -0.2) is 4.79 Å². The van der Waals surface area contributed by atoms with Gasteiger partial charge in [0.05, 0.1) is 12.2 Å². The molecule has 0 radical (unpaired) electrons. The molecule has 1 unspecified atom stereocenters. The van der Waals surface area contributed by atoms with E-state index in [2.05, 4.69) is 10.5 Å². The zero-order valence-electron chi connectivity index (χ0n) is 15.7. The number of carbonyl (C=O) groups excluding carboxylic acids is 1. The highest BCUT2D eigenvalue weighted by molar-refractivity contribution is 6.10. The quantitative estimate of drug-likeness (QED) is 0.644. The van der Waals surface area contributed by atoms with Crippen LogP contribution in [0.15, 0.2) is 29.4 Å². The highest BCUT2D eigenvalue weighted by atomic mass is 16.6. The van der Waals surface area contributed by atoms with Gasteiger partial charge in [-0.2, -0.15) is 15.6 Å². The molecule has 1 aliphatic rings. The molecule has 142 valence electrons. The molecule has 8 heteroatoms. The predicted octanol–water partition coefficient (Wildman–Crippen LogP) is 3.28. The molecule has 1 heterocycles. The lowest BCUT2D eigenvalue weighted by Crippen LogP contribution is -2.46. The molecule has 27 heavy (non-hydrogen) atoms. The lowest BCUT2D eigenvalue weighted by molar-refractivity contribution is 0.00776. The summed E-state index contributed by atoms with van der Waals surface area (Å²) in [5.74, 6) is 0.668. The van der Waals surface area contributed by atoms with Crippen LogP contribution in [0.1, 0.15) is 33.6 Å². The van der Waals surface area contributed by atoms with E-state index in [-0.39, 0.29) is 17.9 Å². The first-order valence-electron chi connectivity index (χ1n) is 8.69. The van der Waals surface area contributed by atoms with Crippen LogP contribution in [0.4, 0.5) is 10.5 Å². The van der Waals surface area contributed by atoms with Crippen molar-refractivity contribution < 1.29 is 14.3 Å². The molecule has 1 aliphatic heterocycles. The number of hydrogen-bond acceptors (Lipinski definition) is 7. The van der Waals surface area contributed by atoms with Gasteiger partial charge in [-0.05, 0) is 57.9 Å². The number of nitrogens with one attached hydrogen (secondary N) is 1. The van der Waals surface area contributed by atoms with Crippen LogP contribution in [0.25, 0.3) is 0 Å². The maximum absolute atomic E-state index is 12.2. The molecule has 0 saturated carbocycles. The second kappa shape index (κ2) is 8.91. The van der Waals surface area contributed by atoms with Crippen molar-refractivity contribution >= 4 is 17.5 Å². The first-order chi connectivity index (χ1) is 12.8. The van der Waals surface area contributed by atoms with Crippen molar-refractivity contribution in [3.05, 3.63) is 24.3 Å². The van der Waals surface area contributed by atoms with Gasteiger partial charge in [0.1, 0.15) is 29.6 Å². The number of nitrogens with zero attached hydrogens (tertiary/aromatic N) is 4. The molecule has 1 aromatic rings. The number of hydrazone groups is 1. The van der Waals surface area contributed by atoms with Gasteiger partial charge in [0.15, 0.2) is 0 Å². The summed E-state index contributed by atoms with van der Waals surface area (Å²) in [6, 6.07) is 10.4. The minimum absolute atomic E-state index is 0.105. The molecule has 0 aliphatic carbocycles. The van der Waals surface area contributed by atoms with E-state index in [1.807, 2.05) is 20.8 Å².